The number of rotatable bonds is 5. The summed E-state index contributed by atoms with van der Waals surface area (Å²) in [6.45, 7) is 8.40. The van der Waals surface area contributed by atoms with Gasteiger partial charge in [-0.15, -0.1) is 0 Å². The molecule has 1 aliphatic rings. The van der Waals surface area contributed by atoms with E-state index in [1.54, 1.807) is 11.8 Å². The Morgan fingerprint density at radius 1 is 0.913 bits per heavy atom. The molecule has 23 heavy (non-hydrogen) atoms. The van der Waals surface area contributed by atoms with Crippen LogP contribution in [-0.4, -0.2) is 29.1 Å². The van der Waals surface area contributed by atoms with Crippen molar-refractivity contribution in [3.05, 3.63) is 59.7 Å². The quantitative estimate of drug-likeness (QED) is 0.874. The highest BCUT2D eigenvalue weighted by Gasteiger charge is 2.46. The Balaban J connectivity index is 2.23. The first-order chi connectivity index (χ1) is 11.2. The second kappa shape index (κ2) is 6.68. The van der Waals surface area contributed by atoms with Gasteiger partial charge in [0.1, 0.15) is 5.60 Å². The van der Waals surface area contributed by atoms with Gasteiger partial charge < -0.3 is 5.11 Å². The molecule has 122 valence electrons. The highest BCUT2D eigenvalue weighted by Crippen LogP contribution is 2.50. The summed E-state index contributed by atoms with van der Waals surface area (Å²) in [6, 6.07) is 16.7. The van der Waals surface area contributed by atoms with Crippen molar-refractivity contribution in [1.29, 1.82) is 0 Å². The monoisotopic (exact) mass is 327 g/mol. The summed E-state index contributed by atoms with van der Waals surface area (Å²) in [5, 5.41) is 12.0. The Hall–Kier alpha value is -1.29. The largest absolute Gasteiger partial charge is 0.379 e. The van der Waals surface area contributed by atoms with Crippen LogP contribution < -0.4 is 0 Å². The van der Waals surface area contributed by atoms with Crippen molar-refractivity contribution < 1.29 is 5.11 Å². The summed E-state index contributed by atoms with van der Waals surface area (Å²) >= 11 is 1.76. The van der Waals surface area contributed by atoms with Gasteiger partial charge in [-0.05, 0) is 31.6 Å². The van der Waals surface area contributed by atoms with Gasteiger partial charge in [-0.25, -0.2) is 0 Å². The lowest BCUT2D eigenvalue weighted by Gasteiger charge is -2.46. The van der Waals surface area contributed by atoms with Gasteiger partial charge in [0.25, 0.3) is 0 Å². The smallest absolute Gasteiger partial charge is 0.132 e. The first kappa shape index (κ1) is 16.6. The van der Waals surface area contributed by atoms with Crippen LogP contribution in [0, 0.1) is 0 Å². The van der Waals surface area contributed by atoms with Gasteiger partial charge >= 0.3 is 0 Å². The molecule has 0 aromatic heterocycles. The van der Waals surface area contributed by atoms with E-state index in [0.29, 0.717) is 0 Å². The average Bonchev–Trinajstić information content (AvgIpc) is 2.59. The summed E-state index contributed by atoms with van der Waals surface area (Å²) < 4.78 is 0. The van der Waals surface area contributed by atoms with Crippen molar-refractivity contribution in [3.63, 3.8) is 0 Å². The van der Waals surface area contributed by atoms with Gasteiger partial charge in [0.05, 0.1) is 0 Å². The minimum absolute atomic E-state index is 0.0701. The van der Waals surface area contributed by atoms with Crippen LogP contribution in [0.1, 0.15) is 38.3 Å². The molecule has 0 radical (unpaired) electrons. The number of likely N-dealkylation sites (N-methyl/N-ethyl adjacent to an activating group) is 1. The van der Waals surface area contributed by atoms with Crippen LogP contribution in [-0.2, 0) is 5.60 Å². The van der Waals surface area contributed by atoms with Crippen molar-refractivity contribution in [2.75, 3.05) is 13.1 Å². The maximum Gasteiger partial charge on any atom is 0.132 e. The van der Waals surface area contributed by atoms with E-state index in [1.807, 2.05) is 12.1 Å². The summed E-state index contributed by atoms with van der Waals surface area (Å²) in [5.41, 5.74) is 1.13. The van der Waals surface area contributed by atoms with E-state index >= 15 is 0 Å². The van der Waals surface area contributed by atoms with Crippen LogP contribution in [0.15, 0.2) is 58.3 Å². The fourth-order valence-electron chi connectivity index (χ4n) is 3.85. The zero-order chi connectivity index (χ0) is 16.4. The third-order valence-corrected chi connectivity index (χ3v) is 6.09. The normalized spacial score (nSPS) is 16.7. The van der Waals surface area contributed by atoms with E-state index in [-0.39, 0.29) is 6.04 Å². The molecule has 0 fully saturated rings. The van der Waals surface area contributed by atoms with E-state index in [0.717, 1.165) is 30.6 Å². The molecule has 3 rings (SSSR count). The molecule has 2 aromatic rings. The Morgan fingerprint density at radius 3 is 1.83 bits per heavy atom. The lowest BCUT2D eigenvalue weighted by atomic mass is 9.77. The molecule has 1 unspecified atom stereocenters. The lowest BCUT2D eigenvalue weighted by Crippen LogP contribution is -2.52. The predicted molar refractivity (Wildman–Crippen MR) is 97.0 cm³/mol. The summed E-state index contributed by atoms with van der Waals surface area (Å²) in [6.07, 6.45) is 0.908. The second-order valence-corrected chi connectivity index (χ2v) is 7.09. The molecule has 2 nitrogen and oxygen atoms in total. The number of nitrogens with zero attached hydrogens (tertiary/aromatic N) is 1. The van der Waals surface area contributed by atoms with Crippen LogP contribution in [0.2, 0.25) is 0 Å². The molecule has 0 spiro atoms. The first-order valence-corrected chi connectivity index (χ1v) is 9.31. The number of fused-ring (bicyclic) bond motifs is 2. The highest BCUT2D eigenvalue weighted by molar-refractivity contribution is 7.99. The van der Waals surface area contributed by atoms with E-state index in [4.69, 9.17) is 0 Å². The molecule has 1 atom stereocenters. The maximum absolute atomic E-state index is 12.0. The lowest BCUT2D eigenvalue weighted by molar-refractivity contribution is -0.0243. The molecule has 3 heteroatoms. The molecule has 0 saturated heterocycles. The minimum Gasteiger partial charge on any atom is -0.379 e. The molecular formula is C20H25NOS. The van der Waals surface area contributed by atoms with Gasteiger partial charge in [-0.1, -0.05) is 68.9 Å². The highest BCUT2D eigenvalue weighted by atomic mass is 32.2. The number of hydrogen-bond donors (Lipinski definition) is 1. The van der Waals surface area contributed by atoms with Crippen molar-refractivity contribution in [3.8, 4) is 0 Å². The molecule has 1 aliphatic heterocycles. The minimum atomic E-state index is -0.959. The Morgan fingerprint density at radius 2 is 1.39 bits per heavy atom. The molecule has 0 aliphatic carbocycles. The van der Waals surface area contributed by atoms with E-state index < -0.39 is 5.60 Å². The standard InChI is InChI=1S/C20H25NOS/c1-4-19(21(5-2)6-3)20(22)15-11-7-9-13-17(15)23-18-14-10-8-12-16(18)20/h7-14,19,22H,4-6H2,1-3H3. The predicted octanol–water partition coefficient (Wildman–Crippen LogP) is 4.51. The molecular weight excluding hydrogens is 302 g/mol. The fraction of sp³-hybridized carbons (Fsp3) is 0.400. The molecule has 1 N–H and O–H groups in total. The Kier molecular flexibility index (Phi) is 4.81. The van der Waals surface area contributed by atoms with Crippen molar-refractivity contribution in [2.24, 2.45) is 0 Å². The van der Waals surface area contributed by atoms with Crippen LogP contribution >= 0.6 is 11.8 Å². The zero-order valence-corrected chi connectivity index (χ0v) is 14.9. The van der Waals surface area contributed by atoms with Gasteiger partial charge in [0.2, 0.25) is 0 Å². The van der Waals surface area contributed by atoms with Crippen molar-refractivity contribution >= 4 is 11.8 Å². The van der Waals surface area contributed by atoms with Gasteiger partial charge in [0, 0.05) is 27.0 Å². The topological polar surface area (TPSA) is 23.5 Å². The number of hydrogen-bond acceptors (Lipinski definition) is 3. The van der Waals surface area contributed by atoms with Crippen molar-refractivity contribution in [2.45, 2.75) is 48.6 Å². The van der Waals surface area contributed by atoms with Crippen LogP contribution in [0.4, 0.5) is 0 Å². The van der Waals surface area contributed by atoms with Gasteiger partial charge in [-0.3, -0.25) is 4.90 Å². The first-order valence-electron chi connectivity index (χ1n) is 8.50. The fourth-order valence-corrected chi connectivity index (χ4v) is 5.04. The molecule has 0 saturated carbocycles. The summed E-state index contributed by atoms with van der Waals surface area (Å²) in [5.74, 6) is 0. The SMILES string of the molecule is CCC(N(CC)CC)C1(O)c2ccccc2Sc2ccccc21. The van der Waals surface area contributed by atoms with Crippen LogP contribution in [0.5, 0.6) is 0 Å². The van der Waals surface area contributed by atoms with E-state index in [2.05, 4.69) is 62.1 Å². The van der Waals surface area contributed by atoms with Gasteiger partial charge in [-0.2, -0.15) is 0 Å². The molecule has 0 amide bonds. The van der Waals surface area contributed by atoms with Gasteiger partial charge in [0.15, 0.2) is 0 Å². The zero-order valence-electron chi connectivity index (χ0n) is 14.1. The average molecular weight is 327 g/mol. The summed E-state index contributed by atoms with van der Waals surface area (Å²) in [7, 11) is 0. The molecule has 0 bridgehead atoms. The van der Waals surface area contributed by atoms with Crippen LogP contribution in [0.3, 0.4) is 0 Å². The number of aliphatic hydroxyl groups is 1. The molecule has 1 heterocycles. The summed E-state index contributed by atoms with van der Waals surface area (Å²) in [4.78, 5) is 4.71. The second-order valence-electron chi connectivity index (χ2n) is 6.01. The van der Waals surface area contributed by atoms with E-state index in [9.17, 15) is 5.11 Å². The van der Waals surface area contributed by atoms with Crippen LogP contribution in [0.25, 0.3) is 0 Å². The third-order valence-electron chi connectivity index (χ3n) is 4.94. The molecule has 2 aromatic carbocycles. The van der Waals surface area contributed by atoms with E-state index in [1.165, 1.54) is 9.79 Å². The Labute approximate surface area is 143 Å². The van der Waals surface area contributed by atoms with Crippen molar-refractivity contribution in [1.82, 2.24) is 4.90 Å². The third kappa shape index (κ3) is 2.61. The number of benzene rings is 2. The Bertz CT molecular complexity index is 635. The maximum atomic E-state index is 12.0.